The Morgan fingerprint density at radius 3 is 2.44 bits per heavy atom. The first kappa shape index (κ1) is 22.5. The average Bonchev–Trinajstić information content (AvgIpc) is 3.02. The molecule has 0 atom stereocenters. The fourth-order valence-corrected chi connectivity index (χ4v) is 4.05. The Hall–Kier alpha value is -2.74. The molecular formula is C24H25ClFN3O3. The number of benzene rings is 2. The van der Waals surface area contributed by atoms with Gasteiger partial charge in [-0.15, -0.1) is 0 Å². The van der Waals surface area contributed by atoms with Gasteiger partial charge in [0.25, 0.3) is 11.8 Å². The molecule has 4 rings (SSSR count). The van der Waals surface area contributed by atoms with E-state index in [1.165, 1.54) is 29.2 Å². The van der Waals surface area contributed by atoms with Crippen LogP contribution in [0.4, 0.5) is 10.1 Å². The molecule has 0 saturated carbocycles. The van der Waals surface area contributed by atoms with Crippen LogP contribution in [-0.2, 0) is 14.3 Å². The normalized spacial score (nSPS) is 17.4. The SMILES string of the molecule is Cc1ccc(NC2=C(c3ccc(F)cc3)C(=O)N(CCCN3CCOCC3)C2=O)cc1Cl. The number of amides is 2. The lowest BCUT2D eigenvalue weighted by Gasteiger charge is -2.27. The number of hydrogen-bond donors (Lipinski definition) is 1. The predicted octanol–water partition coefficient (Wildman–Crippen LogP) is 3.70. The standard InChI is InChI=1S/C24H25ClFN3O3/c1-16-3-8-19(15-20(16)25)27-22-21(17-4-6-18(26)7-5-17)23(30)29(24(22)31)10-2-9-28-11-13-32-14-12-28/h3-8,15,27H,2,9-14H2,1H3. The molecule has 0 bridgehead atoms. The van der Waals surface area contributed by atoms with Crippen LogP contribution < -0.4 is 5.32 Å². The second kappa shape index (κ2) is 9.81. The van der Waals surface area contributed by atoms with Crippen molar-refractivity contribution in [1.82, 2.24) is 9.80 Å². The van der Waals surface area contributed by atoms with Crippen LogP contribution in [0.15, 0.2) is 48.2 Å². The second-order valence-electron chi connectivity index (χ2n) is 7.92. The Bertz CT molecular complexity index is 1050. The first-order valence-electron chi connectivity index (χ1n) is 10.6. The maximum Gasteiger partial charge on any atom is 0.278 e. The van der Waals surface area contributed by atoms with Crippen molar-refractivity contribution < 1.29 is 18.7 Å². The van der Waals surface area contributed by atoms with E-state index in [1.54, 1.807) is 12.1 Å². The molecule has 1 N–H and O–H groups in total. The van der Waals surface area contributed by atoms with Gasteiger partial charge in [0.15, 0.2) is 0 Å². The Morgan fingerprint density at radius 1 is 1.03 bits per heavy atom. The van der Waals surface area contributed by atoms with E-state index < -0.39 is 11.7 Å². The van der Waals surface area contributed by atoms with Gasteiger partial charge in [0.2, 0.25) is 0 Å². The molecule has 2 aliphatic rings. The first-order valence-corrected chi connectivity index (χ1v) is 11.0. The molecule has 0 radical (unpaired) electrons. The Kier molecular flexibility index (Phi) is 6.89. The summed E-state index contributed by atoms with van der Waals surface area (Å²) in [6.07, 6.45) is 0.665. The van der Waals surface area contributed by atoms with Gasteiger partial charge in [-0.25, -0.2) is 4.39 Å². The number of imide groups is 1. The number of carbonyl (C=O) groups excluding carboxylic acids is 2. The highest BCUT2D eigenvalue weighted by atomic mass is 35.5. The van der Waals surface area contributed by atoms with Gasteiger partial charge in [-0.05, 0) is 48.7 Å². The number of hydrogen-bond acceptors (Lipinski definition) is 5. The number of nitrogens with one attached hydrogen (secondary N) is 1. The quantitative estimate of drug-likeness (QED) is 0.642. The summed E-state index contributed by atoms with van der Waals surface area (Å²) in [5.74, 6) is -1.19. The van der Waals surface area contributed by atoms with Crippen molar-refractivity contribution in [3.8, 4) is 0 Å². The summed E-state index contributed by atoms with van der Waals surface area (Å²) >= 11 is 6.23. The number of anilines is 1. The molecule has 0 aliphatic carbocycles. The molecule has 168 valence electrons. The lowest BCUT2D eigenvalue weighted by molar-refractivity contribution is -0.136. The van der Waals surface area contributed by atoms with Crippen molar-refractivity contribution in [3.05, 3.63) is 70.1 Å². The molecule has 8 heteroatoms. The van der Waals surface area contributed by atoms with E-state index in [0.717, 1.165) is 25.2 Å². The zero-order valence-corrected chi connectivity index (χ0v) is 18.6. The van der Waals surface area contributed by atoms with Gasteiger partial charge in [-0.2, -0.15) is 0 Å². The molecule has 1 saturated heterocycles. The molecule has 0 spiro atoms. The fraction of sp³-hybridized carbons (Fsp3) is 0.333. The zero-order valence-electron chi connectivity index (χ0n) is 17.9. The van der Waals surface area contributed by atoms with Crippen molar-refractivity contribution in [2.45, 2.75) is 13.3 Å². The zero-order chi connectivity index (χ0) is 22.7. The van der Waals surface area contributed by atoms with Crippen LogP contribution in [-0.4, -0.2) is 61.0 Å². The van der Waals surface area contributed by atoms with E-state index in [4.69, 9.17) is 16.3 Å². The highest BCUT2D eigenvalue weighted by Crippen LogP contribution is 2.31. The third-order valence-corrected chi connectivity index (χ3v) is 6.11. The molecule has 0 unspecified atom stereocenters. The van der Waals surface area contributed by atoms with Crippen molar-refractivity contribution in [1.29, 1.82) is 0 Å². The van der Waals surface area contributed by atoms with Crippen LogP contribution in [0.25, 0.3) is 5.57 Å². The molecule has 2 heterocycles. The molecule has 2 amide bonds. The molecule has 2 aliphatic heterocycles. The summed E-state index contributed by atoms with van der Waals surface area (Å²) in [5.41, 5.74) is 2.40. The number of ether oxygens (including phenoxy) is 1. The van der Waals surface area contributed by atoms with Crippen LogP contribution >= 0.6 is 11.6 Å². The van der Waals surface area contributed by atoms with E-state index in [2.05, 4.69) is 10.2 Å². The summed E-state index contributed by atoms with van der Waals surface area (Å²) in [7, 11) is 0. The smallest absolute Gasteiger partial charge is 0.278 e. The molecule has 0 aromatic heterocycles. The summed E-state index contributed by atoms with van der Waals surface area (Å²) in [6.45, 7) is 6.07. The van der Waals surface area contributed by atoms with E-state index in [1.807, 2.05) is 13.0 Å². The third kappa shape index (κ3) is 4.85. The lowest BCUT2D eigenvalue weighted by atomic mass is 10.0. The fourth-order valence-electron chi connectivity index (χ4n) is 3.87. The second-order valence-corrected chi connectivity index (χ2v) is 8.32. The van der Waals surface area contributed by atoms with Crippen molar-refractivity contribution in [2.75, 3.05) is 44.7 Å². The largest absolute Gasteiger partial charge is 0.379 e. The average molecular weight is 458 g/mol. The van der Waals surface area contributed by atoms with Crippen molar-refractivity contribution >= 4 is 34.7 Å². The van der Waals surface area contributed by atoms with Crippen LogP contribution in [0.3, 0.4) is 0 Å². The first-order chi connectivity index (χ1) is 15.4. The van der Waals surface area contributed by atoms with Gasteiger partial charge in [-0.1, -0.05) is 29.8 Å². The summed E-state index contributed by atoms with van der Waals surface area (Å²) in [6, 6.07) is 10.9. The highest BCUT2D eigenvalue weighted by Gasteiger charge is 2.39. The Balaban J connectivity index is 1.57. The van der Waals surface area contributed by atoms with Gasteiger partial charge < -0.3 is 10.1 Å². The number of halogens is 2. The van der Waals surface area contributed by atoms with Gasteiger partial charge in [0.05, 0.1) is 18.8 Å². The number of morpholine rings is 1. The van der Waals surface area contributed by atoms with Gasteiger partial charge in [0.1, 0.15) is 11.5 Å². The monoisotopic (exact) mass is 457 g/mol. The minimum atomic E-state index is -0.409. The third-order valence-electron chi connectivity index (χ3n) is 5.70. The summed E-state index contributed by atoms with van der Waals surface area (Å²) in [4.78, 5) is 30.0. The number of carbonyl (C=O) groups is 2. The minimum absolute atomic E-state index is 0.174. The van der Waals surface area contributed by atoms with Crippen LogP contribution in [0, 0.1) is 12.7 Å². The van der Waals surface area contributed by atoms with E-state index in [-0.39, 0.29) is 17.2 Å². The summed E-state index contributed by atoms with van der Waals surface area (Å²) < 4.78 is 18.8. The Morgan fingerprint density at radius 2 is 1.75 bits per heavy atom. The van der Waals surface area contributed by atoms with E-state index in [0.29, 0.717) is 42.5 Å². The molecule has 2 aromatic carbocycles. The molecule has 2 aromatic rings. The van der Waals surface area contributed by atoms with E-state index >= 15 is 0 Å². The number of nitrogens with zero attached hydrogens (tertiary/aromatic N) is 2. The molecule has 1 fully saturated rings. The summed E-state index contributed by atoms with van der Waals surface area (Å²) in [5, 5.41) is 3.64. The van der Waals surface area contributed by atoms with Crippen LogP contribution in [0.2, 0.25) is 5.02 Å². The maximum absolute atomic E-state index is 13.5. The minimum Gasteiger partial charge on any atom is -0.379 e. The topological polar surface area (TPSA) is 61.9 Å². The van der Waals surface area contributed by atoms with Crippen LogP contribution in [0.1, 0.15) is 17.5 Å². The molecule has 32 heavy (non-hydrogen) atoms. The highest BCUT2D eigenvalue weighted by molar-refractivity contribution is 6.36. The molecule has 6 nitrogen and oxygen atoms in total. The van der Waals surface area contributed by atoms with Crippen molar-refractivity contribution in [2.24, 2.45) is 0 Å². The number of aryl methyl sites for hydroxylation is 1. The Labute approximate surface area is 191 Å². The maximum atomic E-state index is 13.5. The predicted molar refractivity (Wildman–Crippen MR) is 122 cm³/mol. The van der Waals surface area contributed by atoms with Crippen molar-refractivity contribution in [3.63, 3.8) is 0 Å². The van der Waals surface area contributed by atoms with Crippen LogP contribution in [0.5, 0.6) is 0 Å². The van der Waals surface area contributed by atoms with E-state index in [9.17, 15) is 14.0 Å². The molecular weight excluding hydrogens is 433 g/mol. The number of rotatable bonds is 7. The van der Waals surface area contributed by atoms with Gasteiger partial charge in [0, 0.05) is 36.9 Å². The van der Waals surface area contributed by atoms with Gasteiger partial charge >= 0.3 is 0 Å². The lowest BCUT2D eigenvalue weighted by Crippen LogP contribution is -2.39. The van der Waals surface area contributed by atoms with Gasteiger partial charge in [-0.3, -0.25) is 19.4 Å².